The number of nitrogens with one attached hydrogen (secondary N) is 1. The Morgan fingerprint density at radius 3 is 2.24 bits per heavy atom. The third kappa shape index (κ3) is 4.34. The Labute approximate surface area is 103 Å². The van der Waals surface area contributed by atoms with Crippen LogP contribution in [-0.4, -0.2) is 36.2 Å². The van der Waals surface area contributed by atoms with Gasteiger partial charge in [0, 0.05) is 13.7 Å². The van der Waals surface area contributed by atoms with E-state index in [0.29, 0.717) is 6.42 Å². The number of hydrogen-bond acceptors (Lipinski definition) is 3. The van der Waals surface area contributed by atoms with Crippen LogP contribution in [0.3, 0.4) is 0 Å². The number of ether oxygens (including phenoxy) is 1. The Bertz CT molecular complexity index is 272. The molecule has 5 heteroatoms. The molecule has 0 aromatic heterocycles. The maximum Gasteiger partial charge on any atom is 0.308 e. The standard InChI is InChI=1S/C12H23NO4/c1-6-12(4,17-5)11(16)13-7-9(8(2)3)10(14)15/h8-9H,6-7H2,1-5H3,(H,13,16)(H,14,15). The Hall–Kier alpha value is -1.10. The maximum atomic E-state index is 11.8. The van der Waals surface area contributed by atoms with Crippen molar-refractivity contribution < 1.29 is 19.4 Å². The number of carbonyl (C=O) groups is 2. The molecule has 100 valence electrons. The molecule has 0 aromatic carbocycles. The van der Waals surface area contributed by atoms with Crippen molar-refractivity contribution in [2.45, 2.75) is 39.7 Å². The number of carboxylic acid groups (broad SMARTS) is 1. The first-order chi connectivity index (χ1) is 7.78. The van der Waals surface area contributed by atoms with E-state index in [0.717, 1.165) is 0 Å². The quantitative estimate of drug-likeness (QED) is 0.708. The molecule has 0 aliphatic rings. The topological polar surface area (TPSA) is 75.6 Å². The van der Waals surface area contributed by atoms with E-state index in [-0.39, 0.29) is 18.4 Å². The molecule has 0 rings (SSSR count). The third-order valence-electron chi connectivity index (χ3n) is 3.21. The molecule has 0 spiro atoms. The van der Waals surface area contributed by atoms with Crippen molar-refractivity contribution in [2.75, 3.05) is 13.7 Å². The number of carboxylic acids is 1. The average Bonchev–Trinajstić information content (AvgIpc) is 2.26. The van der Waals surface area contributed by atoms with Gasteiger partial charge < -0.3 is 15.2 Å². The molecule has 2 unspecified atom stereocenters. The minimum absolute atomic E-state index is 0.0248. The van der Waals surface area contributed by atoms with Crippen LogP contribution in [0.15, 0.2) is 0 Å². The summed E-state index contributed by atoms with van der Waals surface area (Å²) < 4.78 is 5.14. The lowest BCUT2D eigenvalue weighted by Gasteiger charge is -2.26. The summed E-state index contributed by atoms with van der Waals surface area (Å²) in [7, 11) is 1.47. The molecule has 2 N–H and O–H groups in total. The van der Waals surface area contributed by atoms with Crippen molar-refractivity contribution in [3.05, 3.63) is 0 Å². The van der Waals surface area contributed by atoms with Gasteiger partial charge in [0.1, 0.15) is 5.60 Å². The zero-order chi connectivity index (χ0) is 13.6. The summed E-state index contributed by atoms with van der Waals surface area (Å²) in [4.78, 5) is 22.8. The van der Waals surface area contributed by atoms with Crippen molar-refractivity contribution in [1.29, 1.82) is 0 Å². The largest absolute Gasteiger partial charge is 0.481 e. The Kier molecular flexibility index (Phi) is 6.16. The second-order valence-corrected chi connectivity index (χ2v) is 4.69. The molecular weight excluding hydrogens is 222 g/mol. The highest BCUT2D eigenvalue weighted by Gasteiger charge is 2.32. The zero-order valence-corrected chi connectivity index (χ0v) is 11.2. The molecule has 0 saturated heterocycles. The molecule has 0 aliphatic carbocycles. The van der Waals surface area contributed by atoms with Gasteiger partial charge in [0.2, 0.25) is 0 Å². The van der Waals surface area contributed by atoms with Crippen LogP contribution >= 0.6 is 0 Å². The van der Waals surface area contributed by atoms with Crippen molar-refractivity contribution in [2.24, 2.45) is 11.8 Å². The zero-order valence-electron chi connectivity index (χ0n) is 11.2. The van der Waals surface area contributed by atoms with Crippen LogP contribution in [0.1, 0.15) is 34.1 Å². The molecule has 0 saturated carbocycles. The van der Waals surface area contributed by atoms with Gasteiger partial charge in [-0.25, -0.2) is 0 Å². The molecule has 2 atom stereocenters. The van der Waals surface area contributed by atoms with Crippen LogP contribution in [-0.2, 0) is 14.3 Å². The minimum Gasteiger partial charge on any atom is -0.481 e. The van der Waals surface area contributed by atoms with Crippen LogP contribution in [0.25, 0.3) is 0 Å². The van der Waals surface area contributed by atoms with E-state index in [1.807, 2.05) is 20.8 Å². The van der Waals surface area contributed by atoms with E-state index in [4.69, 9.17) is 9.84 Å². The molecule has 0 fully saturated rings. The summed E-state index contributed by atoms with van der Waals surface area (Å²) in [6.45, 7) is 7.30. The highest BCUT2D eigenvalue weighted by Crippen LogP contribution is 2.15. The number of carbonyl (C=O) groups excluding carboxylic acids is 1. The summed E-state index contributed by atoms with van der Waals surface area (Å²) in [6.07, 6.45) is 0.536. The molecule has 5 nitrogen and oxygen atoms in total. The summed E-state index contributed by atoms with van der Waals surface area (Å²) in [5.41, 5.74) is -0.889. The second-order valence-electron chi connectivity index (χ2n) is 4.69. The third-order valence-corrected chi connectivity index (χ3v) is 3.21. The molecule has 0 radical (unpaired) electrons. The van der Waals surface area contributed by atoms with Gasteiger partial charge in [0.05, 0.1) is 5.92 Å². The Morgan fingerprint density at radius 2 is 1.94 bits per heavy atom. The van der Waals surface area contributed by atoms with Gasteiger partial charge in [-0.2, -0.15) is 0 Å². The number of amides is 1. The molecule has 0 aliphatic heterocycles. The first-order valence-electron chi connectivity index (χ1n) is 5.84. The minimum atomic E-state index is -0.893. The summed E-state index contributed by atoms with van der Waals surface area (Å²) in [6, 6.07) is 0. The fourth-order valence-electron chi connectivity index (χ4n) is 1.40. The van der Waals surface area contributed by atoms with Crippen molar-refractivity contribution >= 4 is 11.9 Å². The Balaban J connectivity index is 4.46. The Morgan fingerprint density at radius 1 is 1.41 bits per heavy atom. The molecule has 17 heavy (non-hydrogen) atoms. The SMILES string of the molecule is CCC(C)(OC)C(=O)NCC(C(=O)O)C(C)C. The monoisotopic (exact) mass is 245 g/mol. The highest BCUT2D eigenvalue weighted by molar-refractivity contribution is 5.85. The van der Waals surface area contributed by atoms with Crippen molar-refractivity contribution in [3.63, 3.8) is 0 Å². The normalized spacial score (nSPS) is 16.4. The van der Waals surface area contributed by atoms with E-state index in [1.165, 1.54) is 7.11 Å². The fourth-order valence-corrected chi connectivity index (χ4v) is 1.40. The predicted molar refractivity (Wildman–Crippen MR) is 64.7 cm³/mol. The van der Waals surface area contributed by atoms with Crippen LogP contribution < -0.4 is 5.32 Å². The van der Waals surface area contributed by atoms with Gasteiger partial charge in [-0.05, 0) is 19.3 Å². The summed E-state index contributed by atoms with van der Waals surface area (Å²) in [5.74, 6) is -1.76. The van der Waals surface area contributed by atoms with Crippen molar-refractivity contribution in [1.82, 2.24) is 5.32 Å². The lowest BCUT2D eigenvalue weighted by atomic mass is 9.95. The predicted octanol–water partition coefficient (Wildman–Crippen LogP) is 1.27. The number of rotatable bonds is 7. The summed E-state index contributed by atoms with van der Waals surface area (Å²) in [5, 5.41) is 11.6. The van der Waals surface area contributed by atoms with Crippen LogP contribution in [0.5, 0.6) is 0 Å². The molecule has 1 amide bonds. The molecule has 0 aromatic rings. The van der Waals surface area contributed by atoms with E-state index < -0.39 is 17.5 Å². The van der Waals surface area contributed by atoms with Gasteiger partial charge in [0.25, 0.3) is 5.91 Å². The number of aliphatic carboxylic acids is 1. The molecule has 0 heterocycles. The lowest BCUT2D eigenvalue weighted by Crippen LogP contribution is -2.48. The smallest absolute Gasteiger partial charge is 0.308 e. The number of hydrogen-bond donors (Lipinski definition) is 2. The van der Waals surface area contributed by atoms with Gasteiger partial charge in [-0.15, -0.1) is 0 Å². The fraction of sp³-hybridized carbons (Fsp3) is 0.833. The van der Waals surface area contributed by atoms with Crippen LogP contribution in [0.2, 0.25) is 0 Å². The molecular formula is C12H23NO4. The number of methoxy groups -OCH3 is 1. The van der Waals surface area contributed by atoms with E-state index in [2.05, 4.69) is 5.32 Å². The molecule has 0 bridgehead atoms. The van der Waals surface area contributed by atoms with Crippen LogP contribution in [0, 0.1) is 11.8 Å². The highest BCUT2D eigenvalue weighted by atomic mass is 16.5. The van der Waals surface area contributed by atoms with E-state index >= 15 is 0 Å². The van der Waals surface area contributed by atoms with Gasteiger partial charge in [0.15, 0.2) is 0 Å². The van der Waals surface area contributed by atoms with E-state index in [1.54, 1.807) is 6.92 Å². The van der Waals surface area contributed by atoms with Gasteiger partial charge >= 0.3 is 5.97 Å². The first-order valence-corrected chi connectivity index (χ1v) is 5.84. The maximum absolute atomic E-state index is 11.8. The van der Waals surface area contributed by atoms with Crippen molar-refractivity contribution in [3.8, 4) is 0 Å². The summed E-state index contributed by atoms with van der Waals surface area (Å²) >= 11 is 0. The lowest BCUT2D eigenvalue weighted by molar-refractivity contribution is -0.145. The van der Waals surface area contributed by atoms with Gasteiger partial charge in [-0.3, -0.25) is 9.59 Å². The van der Waals surface area contributed by atoms with Gasteiger partial charge in [-0.1, -0.05) is 20.8 Å². The average molecular weight is 245 g/mol. The second kappa shape index (κ2) is 6.59. The first kappa shape index (κ1) is 15.9. The van der Waals surface area contributed by atoms with E-state index in [9.17, 15) is 9.59 Å². The van der Waals surface area contributed by atoms with Crippen LogP contribution in [0.4, 0.5) is 0 Å².